The summed E-state index contributed by atoms with van der Waals surface area (Å²) in [6.45, 7) is 2.04. The Labute approximate surface area is 179 Å². The first-order valence-electron chi connectivity index (χ1n) is 9.22. The van der Waals surface area contributed by atoms with Gasteiger partial charge in [-0.2, -0.15) is 5.10 Å². The smallest absolute Gasteiger partial charge is 0.262 e. The molecule has 1 aliphatic rings. The average molecular weight is 475 g/mol. The summed E-state index contributed by atoms with van der Waals surface area (Å²) in [5.74, 6) is 0.219. The lowest BCUT2D eigenvalue weighted by molar-refractivity contribution is -0.121. The molecule has 150 valence electrons. The van der Waals surface area contributed by atoms with Crippen molar-refractivity contribution in [1.29, 1.82) is 0 Å². The van der Waals surface area contributed by atoms with Gasteiger partial charge in [-0.3, -0.25) is 14.2 Å². The number of halogens is 1. The number of aryl methyl sites for hydroxylation is 1. The number of hydrogen-bond acceptors (Lipinski definition) is 6. The number of hydrogen-bond donors (Lipinski definition) is 2. The molecule has 2 N–H and O–H groups in total. The molecule has 0 spiro atoms. The number of hydrazone groups is 1. The monoisotopic (exact) mass is 474 g/mol. The predicted octanol–water partition coefficient (Wildman–Crippen LogP) is 3.20. The third kappa shape index (κ3) is 4.11. The first-order valence-corrected chi connectivity index (χ1v) is 10.8. The molecule has 9 heteroatoms. The molecule has 1 atom stereocenters. The van der Waals surface area contributed by atoms with Crippen molar-refractivity contribution in [2.45, 2.75) is 32.7 Å². The molecule has 4 rings (SSSR count). The van der Waals surface area contributed by atoms with Gasteiger partial charge in [-0.1, -0.05) is 22.9 Å². The van der Waals surface area contributed by atoms with E-state index in [-0.39, 0.29) is 17.9 Å². The second-order valence-corrected chi connectivity index (χ2v) is 9.21. The minimum absolute atomic E-state index is 0.0496. The second kappa shape index (κ2) is 8.08. The van der Waals surface area contributed by atoms with Gasteiger partial charge in [0.05, 0.1) is 17.9 Å². The molecule has 1 unspecified atom stereocenters. The lowest BCUT2D eigenvalue weighted by Gasteiger charge is -2.17. The van der Waals surface area contributed by atoms with E-state index in [1.807, 2.05) is 0 Å². The average Bonchev–Trinajstić information content (AvgIpc) is 3.05. The van der Waals surface area contributed by atoms with Crippen molar-refractivity contribution in [1.82, 2.24) is 15.0 Å². The van der Waals surface area contributed by atoms with E-state index in [0.717, 1.165) is 34.1 Å². The van der Waals surface area contributed by atoms with Gasteiger partial charge in [0, 0.05) is 14.9 Å². The number of amides is 1. The number of thiophene rings is 1. The van der Waals surface area contributed by atoms with E-state index in [1.54, 1.807) is 23.5 Å². The van der Waals surface area contributed by atoms with Gasteiger partial charge in [0.15, 0.2) is 0 Å². The van der Waals surface area contributed by atoms with Gasteiger partial charge in [0.25, 0.3) is 11.5 Å². The van der Waals surface area contributed by atoms with E-state index in [4.69, 9.17) is 0 Å². The Morgan fingerprint density at radius 3 is 3.17 bits per heavy atom. The fraction of sp³-hybridized carbons (Fsp3) is 0.300. The summed E-state index contributed by atoms with van der Waals surface area (Å²) < 4.78 is 2.09. The van der Waals surface area contributed by atoms with E-state index in [1.165, 1.54) is 28.1 Å². The Kier molecular flexibility index (Phi) is 5.51. The van der Waals surface area contributed by atoms with Crippen LogP contribution in [0.25, 0.3) is 10.2 Å². The molecule has 2 aromatic heterocycles. The van der Waals surface area contributed by atoms with Crippen LogP contribution in [0.3, 0.4) is 0 Å². The van der Waals surface area contributed by atoms with Crippen LogP contribution < -0.4 is 11.0 Å². The zero-order chi connectivity index (χ0) is 20.5. The maximum absolute atomic E-state index is 12.9. The molecule has 1 amide bonds. The van der Waals surface area contributed by atoms with Crippen LogP contribution in [0, 0.1) is 5.92 Å². The first-order chi connectivity index (χ1) is 13.9. The van der Waals surface area contributed by atoms with Crippen LogP contribution >= 0.6 is 27.3 Å². The normalized spacial score (nSPS) is 16.3. The number of nitrogens with one attached hydrogen (secondary N) is 1. The predicted molar refractivity (Wildman–Crippen MR) is 117 cm³/mol. The molecule has 29 heavy (non-hydrogen) atoms. The lowest BCUT2D eigenvalue weighted by atomic mass is 9.89. The molecule has 1 aliphatic carbocycles. The maximum atomic E-state index is 12.9. The molecule has 2 heterocycles. The summed E-state index contributed by atoms with van der Waals surface area (Å²) >= 11 is 4.89. The largest absolute Gasteiger partial charge is 0.507 e. The van der Waals surface area contributed by atoms with E-state index < -0.39 is 5.91 Å². The molecule has 1 aromatic carbocycles. The lowest BCUT2D eigenvalue weighted by Crippen LogP contribution is -2.30. The second-order valence-electron chi connectivity index (χ2n) is 7.21. The summed E-state index contributed by atoms with van der Waals surface area (Å²) in [6, 6.07) is 4.90. The molecule has 0 saturated heterocycles. The van der Waals surface area contributed by atoms with Gasteiger partial charge < -0.3 is 5.11 Å². The highest BCUT2D eigenvalue weighted by atomic mass is 79.9. The molecule has 0 fully saturated rings. The number of fused-ring (bicyclic) bond motifs is 3. The van der Waals surface area contributed by atoms with Crippen LogP contribution in [0.4, 0.5) is 0 Å². The SMILES string of the molecule is CC1CCc2c(sc3ncn(CC(=O)N/N=C/c4cc(Br)ccc4O)c(=O)c23)C1. The number of phenols is 1. The van der Waals surface area contributed by atoms with Crippen LogP contribution in [-0.2, 0) is 24.2 Å². The standard InChI is InChI=1S/C20H19BrN4O3S/c1-11-2-4-14-16(6-11)29-19-18(14)20(28)25(10-22-19)9-17(27)24-23-8-12-7-13(21)3-5-15(12)26/h3,5,7-8,10-11,26H,2,4,6,9H2,1H3,(H,24,27)/b23-8+. The summed E-state index contributed by atoms with van der Waals surface area (Å²) in [7, 11) is 0. The van der Waals surface area contributed by atoms with Gasteiger partial charge in [-0.15, -0.1) is 11.3 Å². The fourth-order valence-electron chi connectivity index (χ4n) is 3.47. The Balaban J connectivity index is 1.51. The third-order valence-corrected chi connectivity index (χ3v) is 6.63. The molecular weight excluding hydrogens is 456 g/mol. The highest BCUT2D eigenvalue weighted by Gasteiger charge is 2.23. The Morgan fingerprint density at radius 1 is 1.52 bits per heavy atom. The number of carbonyl (C=O) groups excluding carboxylic acids is 1. The third-order valence-electron chi connectivity index (χ3n) is 4.98. The molecule has 7 nitrogen and oxygen atoms in total. The van der Waals surface area contributed by atoms with Crippen LogP contribution in [0.15, 0.2) is 38.9 Å². The summed E-state index contributed by atoms with van der Waals surface area (Å²) in [5, 5.41) is 14.3. The number of carbonyl (C=O) groups is 1. The fourth-order valence-corrected chi connectivity index (χ4v) is 5.19. The summed E-state index contributed by atoms with van der Waals surface area (Å²) in [4.78, 5) is 31.5. The van der Waals surface area contributed by atoms with Crippen LogP contribution in [-0.4, -0.2) is 26.8 Å². The van der Waals surface area contributed by atoms with Crippen molar-refractivity contribution in [3.05, 3.63) is 55.4 Å². The van der Waals surface area contributed by atoms with E-state index in [0.29, 0.717) is 16.9 Å². The zero-order valence-corrected chi connectivity index (χ0v) is 18.1. The van der Waals surface area contributed by atoms with Crippen LogP contribution in [0.1, 0.15) is 29.3 Å². The minimum Gasteiger partial charge on any atom is -0.507 e. The minimum atomic E-state index is -0.447. The zero-order valence-electron chi connectivity index (χ0n) is 15.7. The Morgan fingerprint density at radius 2 is 2.34 bits per heavy atom. The van der Waals surface area contributed by atoms with Crippen LogP contribution in [0.5, 0.6) is 5.75 Å². The van der Waals surface area contributed by atoms with Gasteiger partial charge in [0.1, 0.15) is 17.1 Å². The number of nitrogens with zero attached hydrogens (tertiary/aromatic N) is 3. The van der Waals surface area contributed by atoms with Crippen molar-refractivity contribution >= 4 is 49.6 Å². The highest BCUT2D eigenvalue weighted by molar-refractivity contribution is 9.10. The van der Waals surface area contributed by atoms with Crippen molar-refractivity contribution < 1.29 is 9.90 Å². The molecule has 0 aliphatic heterocycles. The van der Waals surface area contributed by atoms with Crippen molar-refractivity contribution in [3.8, 4) is 5.75 Å². The van der Waals surface area contributed by atoms with Crippen LogP contribution in [0.2, 0.25) is 0 Å². The maximum Gasteiger partial charge on any atom is 0.262 e. The van der Waals surface area contributed by atoms with Crippen molar-refractivity contribution in [3.63, 3.8) is 0 Å². The van der Waals surface area contributed by atoms with Gasteiger partial charge >= 0.3 is 0 Å². The first kappa shape index (κ1) is 19.8. The van der Waals surface area contributed by atoms with Gasteiger partial charge in [-0.25, -0.2) is 10.4 Å². The highest BCUT2D eigenvalue weighted by Crippen LogP contribution is 2.35. The number of benzene rings is 1. The molecule has 0 bridgehead atoms. The Hall–Kier alpha value is -2.52. The van der Waals surface area contributed by atoms with Crippen molar-refractivity contribution in [2.24, 2.45) is 11.0 Å². The molecule has 0 radical (unpaired) electrons. The van der Waals surface area contributed by atoms with E-state index >= 15 is 0 Å². The molecule has 3 aromatic rings. The Bertz CT molecular complexity index is 1180. The summed E-state index contributed by atoms with van der Waals surface area (Å²) in [5.41, 5.74) is 3.75. The van der Waals surface area contributed by atoms with Gasteiger partial charge in [0.2, 0.25) is 0 Å². The molecule has 0 saturated carbocycles. The molecular formula is C20H19BrN4O3S. The number of aromatic hydroxyl groups is 1. The quantitative estimate of drug-likeness (QED) is 0.448. The van der Waals surface area contributed by atoms with Crippen molar-refractivity contribution in [2.75, 3.05) is 0 Å². The number of rotatable bonds is 4. The van der Waals surface area contributed by atoms with E-state index in [2.05, 4.69) is 38.4 Å². The number of phenolic OH excluding ortho intramolecular Hbond substituents is 1. The summed E-state index contributed by atoms with van der Waals surface area (Å²) in [6.07, 6.45) is 5.68. The van der Waals surface area contributed by atoms with E-state index in [9.17, 15) is 14.7 Å². The number of aromatic nitrogens is 2. The topological polar surface area (TPSA) is 96.6 Å². The van der Waals surface area contributed by atoms with Gasteiger partial charge in [-0.05, 0) is 48.9 Å².